The number of hydrogen-bond acceptors (Lipinski definition) is 6. The highest BCUT2D eigenvalue weighted by atomic mass is 16.1. The topological polar surface area (TPSA) is 123 Å². The van der Waals surface area contributed by atoms with Crippen LogP contribution < -0.4 is 17.0 Å². The summed E-state index contributed by atoms with van der Waals surface area (Å²) in [5.41, 5.74) is 15.5. The number of aliphatic imine (C=N–C) groups is 1. The zero-order valence-corrected chi connectivity index (χ0v) is 12.2. The van der Waals surface area contributed by atoms with Crippen LogP contribution in [0.4, 0.5) is 17.5 Å². The molecule has 1 aromatic heterocycles. The summed E-state index contributed by atoms with van der Waals surface area (Å²) in [6, 6.07) is 9.47. The summed E-state index contributed by atoms with van der Waals surface area (Å²) in [6.45, 7) is 0. The van der Waals surface area contributed by atoms with Crippen LogP contribution in [0.15, 0.2) is 40.1 Å². The molecule has 0 radical (unpaired) electrons. The number of fused-ring (bicyclic) bond motifs is 2. The van der Waals surface area contributed by atoms with E-state index in [0.717, 1.165) is 17.0 Å². The summed E-state index contributed by atoms with van der Waals surface area (Å²) in [6.07, 6.45) is 1.22. The maximum Gasteiger partial charge on any atom is 0.258 e. The molecular weight excluding hydrogens is 292 g/mol. The molecule has 5 N–H and O–H groups in total. The number of nitrogen functional groups attached to an aromatic ring is 2. The first kappa shape index (κ1) is 13.4. The van der Waals surface area contributed by atoms with Crippen molar-refractivity contribution in [2.75, 3.05) is 11.5 Å². The van der Waals surface area contributed by atoms with Gasteiger partial charge in [0, 0.05) is 11.3 Å². The van der Waals surface area contributed by atoms with E-state index in [1.807, 2.05) is 30.3 Å². The molecule has 2 aliphatic heterocycles. The predicted octanol–water partition coefficient (Wildman–Crippen LogP) is 1.50. The van der Waals surface area contributed by atoms with Crippen molar-refractivity contribution in [1.29, 1.82) is 0 Å². The summed E-state index contributed by atoms with van der Waals surface area (Å²) in [4.78, 5) is 27.9. The van der Waals surface area contributed by atoms with Gasteiger partial charge in [-0.1, -0.05) is 24.3 Å². The lowest BCUT2D eigenvalue weighted by atomic mass is 9.98. The Kier molecular flexibility index (Phi) is 2.87. The van der Waals surface area contributed by atoms with E-state index in [9.17, 15) is 4.79 Å². The minimum atomic E-state index is -0.150. The maximum absolute atomic E-state index is 12.4. The Morgan fingerprint density at radius 3 is 2.74 bits per heavy atom. The molecule has 0 fully saturated rings. The van der Waals surface area contributed by atoms with Crippen molar-refractivity contribution in [2.45, 2.75) is 12.8 Å². The van der Waals surface area contributed by atoms with E-state index in [-0.39, 0.29) is 17.3 Å². The molecule has 23 heavy (non-hydrogen) atoms. The third kappa shape index (κ3) is 2.13. The van der Waals surface area contributed by atoms with Crippen LogP contribution in [-0.4, -0.2) is 20.7 Å². The highest BCUT2D eigenvalue weighted by Gasteiger charge is 2.24. The molecule has 4 rings (SSSR count). The molecule has 7 heteroatoms. The van der Waals surface area contributed by atoms with E-state index >= 15 is 0 Å². The van der Waals surface area contributed by atoms with Gasteiger partial charge in [0.2, 0.25) is 5.95 Å². The lowest BCUT2D eigenvalue weighted by Gasteiger charge is -2.15. The van der Waals surface area contributed by atoms with Gasteiger partial charge >= 0.3 is 0 Å². The predicted molar refractivity (Wildman–Crippen MR) is 89.1 cm³/mol. The summed E-state index contributed by atoms with van der Waals surface area (Å²) in [5.74, 6) is 0.381. The highest BCUT2D eigenvalue weighted by Crippen LogP contribution is 2.32. The van der Waals surface area contributed by atoms with E-state index in [1.54, 1.807) is 0 Å². The Morgan fingerprint density at radius 2 is 1.87 bits per heavy atom. The van der Waals surface area contributed by atoms with Crippen LogP contribution >= 0.6 is 0 Å². The van der Waals surface area contributed by atoms with Crippen LogP contribution in [-0.2, 0) is 6.42 Å². The fraction of sp³-hybridized carbons (Fsp3) is 0.125. The molecule has 0 amide bonds. The van der Waals surface area contributed by atoms with Gasteiger partial charge in [-0.25, -0.2) is 9.98 Å². The molecule has 7 nitrogen and oxygen atoms in total. The summed E-state index contributed by atoms with van der Waals surface area (Å²) < 4.78 is 0. The van der Waals surface area contributed by atoms with Gasteiger partial charge in [-0.2, -0.15) is 4.98 Å². The van der Waals surface area contributed by atoms with E-state index in [1.165, 1.54) is 0 Å². The molecule has 0 aromatic carbocycles. The maximum atomic E-state index is 12.4. The van der Waals surface area contributed by atoms with Gasteiger partial charge in [-0.3, -0.25) is 4.79 Å². The normalized spacial score (nSPS) is 13.7. The summed E-state index contributed by atoms with van der Waals surface area (Å²) >= 11 is 0. The zero-order chi connectivity index (χ0) is 16.0. The Hall–Kier alpha value is -3.22. The number of anilines is 2. The third-order valence-corrected chi connectivity index (χ3v) is 3.92. The van der Waals surface area contributed by atoms with Crippen molar-refractivity contribution in [2.24, 2.45) is 4.99 Å². The van der Waals surface area contributed by atoms with Crippen molar-refractivity contribution in [3.8, 4) is 11.3 Å². The number of nitrogens with one attached hydrogen (secondary N) is 1. The fourth-order valence-corrected chi connectivity index (χ4v) is 2.91. The number of H-pyrrole nitrogens is 1. The zero-order valence-electron chi connectivity index (χ0n) is 12.2. The molecule has 0 saturated heterocycles. The van der Waals surface area contributed by atoms with Gasteiger partial charge in [0.1, 0.15) is 5.69 Å². The number of aromatic amines is 1. The molecule has 0 unspecified atom stereocenters. The van der Waals surface area contributed by atoms with Crippen LogP contribution in [0.3, 0.4) is 0 Å². The molecule has 0 spiro atoms. The lowest BCUT2D eigenvalue weighted by Crippen LogP contribution is -2.18. The van der Waals surface area contributed by atoms with Crippen LogP contribution in [0, 0.1) is 0 Å². The van der Waals surface area contributed by atoms with Crippen LogP contribution in [0.2, 0.25) is 0 Å². The molecular formula is C16H14N6O. The van der Waals surface area contributed by atoms with Crippen molar-refractivity contribution >= 4 is 23.2 Å². The van der Waals surface area contributed by atoms with Gasteiger partial charge in [0.05, 0.1) is 17.0 Å². The van der Waals surface area contributed by atoms with E-state index < -0.39 is 0 Å². The Labute approximate surface area is 131 Å². The second-order valence-corrected chi connectivity index (χ2v) is 5.39. The molecule has 0 saturated carbocycles. The minimum Gasteiger partial charge on any atom is -0.382 e. The summed E-state index contributed by atoms with van der Waals surface area (Å²) in [7, 11) is 0. The van der Waals surface area contributed by atoms with E-state index in [0.29, 0.717) is 29.8 Å². The monoisotopic (exact) mass is 306 g/mol. The molecule has 3 heterocycles. The average molecular weight is 306 g/mol. The minimum absolute atomic E-state index is 0.142. The second-order valence-electron chi connectivity index (χ2n) is 5.39. The number of nitrogens with two attached hydrogens (primary N) is 2. The highest BCUT2D eigenvalue weighted by molar-refractivity contribution is 6.08. The molecule has 3 aliphatic rings. The standard InChI is InChI=1S/C16H14N6O/c17-14-13-11(21-16(18)22-14)7-6-10(19-13)12-8-4-2-1-3-5-9(8)20-15(12)23/h1-5H,6-7H2,(H,20,23)(H4,17,18,21,22). The quantitative estimate of drug-likeness (QED) is 0.628. The van der Waals surface area contributed by atoms with Gasteiger partial charge in [0.15, 0.2) is 5.82 Å². The van der Waals surface area contributed by atoms with Crippen molar-refractivity contribution in [1.82, 2.24) is 15.0 Å². The SMILES string of the molecule is Nc1nc(N)c2c(n1)CCC(c1c3cccccc-3[nH]c1=O)=N2. The van der Waals surface area contributed by atoms with Crippen molar-refractivity contribution in [3.63, 3.8) is 0 Å². The largest absolute Gasteiger partial charge is 0.382 e. The first-order chi connectivity index (χ1) is 11.1. The first-order valence-corrected chi connectivity index (χ1v) is 7.24. The van der Waals surface area contributed by atoms with E-state index in [2.05, 4.69) is 19.9 Å². The van der Waals surface area contributed by atoms with Crippen LogP contribution in [0.5, 0.6) is 0 Å². The average Bonchev–Trinajstić information content (AvgIpc) is 2.68. The van der Waals surface area contributed by atoms with Gasteiger partial charge in [-0.15, -0.1) is 0 Å². The Balaban J connectivity index is 1.92. The smallest absolute Gasteiger partial charge is 0.258 e. The van der Waals surface area contributed by atoms with Crippen LogP contribution in [0.25, 0.3) is 11.3 Å². The fourth-order valence-electron chi connectivity index (χ4n) is 2.91. The Bertz CT molecular complexity index is 975. The van der Waals surface area contributed by atoms with Crippen molar-refractivity contribution in [3.05, 3.63) is 51.9 Å². The van der Waals surface area contributed by atoms with Gasteiger partial charge in [-0.05, 0) is 18.9 Å². The number of aromatic nitrogens is 3. The van der Waals surface area contributed by atoms with Gasteiger partial charge in [0.25, 0.3) is 5.56 Å². The number of rotatable bonds is 1. The number of nitrogens with zero attached hydrogens (tertiary/aromatic N) is 3. The van der Waals surface area contributed by atoms with Crippen molar-refractivity contribution < 1.29 is 0 Å². The van der Waals surface area contributed by atoms with Crippen LogP contribution in [0.1, 0.15) is 17.7 Å². The molecule has 1 aliphatic carbocycles. The Morgan fingerprint density at radius 1 is 1.04 bits per heavy atom. The molecule has 0 atom stereocenters. The lowest BCUT2D eigenvalue weighted by molar-refractivity contribution is 0.933. The summed E-state index contributed by atoms with van der Waals surface area (Å²) in [5, 5.41) is 0. The first-order valence-electron chi connectivity index (χ1n) is 7.24. The third-order valence-electron chi connectivity index (χ3n) is 3.92. The number of hydrogen-bond donors (Lipinski definition) is 3. The second kappa shape index (κ2) is 4.91. The van der Waals surface area contributed by atoms with Gasteiger partial charge < -0.3 is 16.5 Å². The van der Waals surface area contributed by atoms with E-state index in [4.69, 9.17) is 11.5 Å². The number of aryl methyl sites for hydroxylation is 1. The molecule has 1 aromatic rings. The molecule has 0 bridgehead atoms. The molecule has 114 valence electrons.